The van der Waals surface area contributed by atoms with Gasteiger partial charge in [0.25, 0.3) is 0 Å². The van der Waals surface area contributed by atoms with E-state index in [0.717, 1.165) is 11.3 Å². The van der Waals surface area contributed by atoms with Crippen molar-refractivity contribution < 1.29 is 33.3 Å². The van der Waals surface area contributed by atoms with Crippen LogP contribution in [0, 0.1) is 6.92 Å². The van der Waals surface area contributed by atoms with E-state index in [0.29, 0.717) is 48.0 Å². The average Bonchev–Trinajstić information content (AvgIpc) is 3.21. The number of nitrogens with two attached hydrogens (primary N) is 1. The van der Waals surface area contributed by atoms with Crippen LogP contribution in [0.3, 0.4) is 0 Å². The smallest absolute Gasteiger partial charge is 0.327 e. The average molecular weight is 539 g/mol. The van der Waals surface area contributed by atoms with Crippen molar-refractivity contribution in [3.05, 3.63) is 65.0 Å². The van der Waals surface area contributed by atoms with Gasteiger partial charge in [0.15, 0.2) is 0 Å². The second-order valence-electron chi connectivity index (χ2n) is 10.6. The number of carbonyl (C=O) groups is 2. The molecule has 0 fully saturated rings. The molecule has 1 heterocycles. The summed E-state index contributed by atoms with van der Waals surface area (Å²) in [5, 5.41) is 9.73. The first-order valence-electron chi connectivity index (χ1n) is 13.0. The highest BCUT2D eigenvalue weighted by molar-refractivity contribution is 5.78. The Morgan fingerprint density at radius 2 is 1.85 bits per heavy atom. The molecule has 9 heteroatoms. The number of hydrogen-bond donors (Lipinski definition) is 2. The van der Waals surface area contributed by atoms with Gasteiger partial charge in [-0.05, 0) is 89.4 Å². The van der Waals surface area contributed by atoms with E-state index in [9.17, 15) is 14.7 Å². The maximum atomic E-state index is 12.6. The Hall–Kier alpha value is -3.85. The highest BCUT2D eigenvalue weighted by atomic mass is 16.6. The lowest BCUT2D eigenvalue weighted by molar-refractivity contribution is -0.154. The molecule has 0 aliphatic heterocycles. The number of ether oxygens (including phenoxy) is 3. The van der Waals surface area contributed by atoms with E-state index in [2.05, 4.69) is 4.98 Å². The number of aromatic nitrogens is 1. The summed E-state index contributed by atoms with van der Waals surface area (Å²) in [6.45, 7) is 11.1. The van der Waals surface area contributed by atoms with E-state index in [1.54, 1.807) is 50.2 Å². The molecule has 3 N–H and O–H groups in total. The van der Waals surface area contributed by atoms with Crippen molar-refractivity contribution in [2.75, 3.05) is 6.61 Å². The predicted molar refractivity (Wildman–Crippen MR) is 146 cm³/mol. The van der Waals surface area contributed by atoms with Gasteiger partial charge in [-0.1, -0.05) is 12.1 Å². The maximum Gasteiger partial charge on any atom is 0.327 e. The van der Waals surface area contributed by atoms with Gasteiger partial charge in [-0.25, -0.2) is 9.78 Å². The quantitative estimate of drug-likeness (QED) is 0.316. The van der Waals surface area contributed by atoms with Crippen molar-refractivity contribution in [2.45, 2.75) is 78.6 Å². The van der Waals surface area contributed by atoms with Crippen LogP contribution in [0.2, 0.25) is 0 Å². The van der Waals surface area contributed by atoms with Gasteiger partial charge in [-0.2, -0.15) is 0 Å². The van der Waals surface area contributed by atoms with Crippen molar-refractivity contribution >= 4 is 11.9 Å². The molecular formula is C30H38N2O7. The molecule has 1 aromatic heterocycles. The minimum Gasteiger partial charge on any atom is -0.508 e. The molecule has 1 atom stereocenters. The Bertz CT molecular complexity index is 1290. The van der Waals surface area contributed by atoms with Crippen LogP contribution in [0.1, 0.15) is 69.7 Å². The molecule has 0 spiro atoms. The van der Waals surface area contributed by atoms with Crippen LogP contribution in [0.4, 0.5) is 0 Å². The van der Waals surface area contributed by atoms with Crippen LogP contribution in [0.5, 0.6) is 11.5 Å². The largest absolute Gasteiger partial charge is 0.508 e. The lowest BCUT2D eigenvalue weighted by atomic mass is 9.97. The molecule has 0 aliphatic carbocycles. The fourth-order valence-corrected chi connectivity index (χ4v) is 3.93. The van der Waals surface area contributed by atoms with E-state index in [-0.39, 0.29) is 24.2 Å². The summed E-state index contributed by atoms with van der Waals surface area (Å²) in [5.74, 6) is 0.846. The Labute approximate surface area is 229 Å². The van der Waals surface area contributed by atoms with Gasteiger partial charge in [0, 0.05) is 18.4 Å². The van der Waals surface area contributed by atoms with E-state index in [4.69, 9.17) is 24.4 Å². The number of oxazole rings is 1. The third kappa shape index (κ3) is 8.85. The summed E-state index contributed by atoms with van der Waals surface area (Å²) in [4.78, 5) is 29.4. The Balaban J connectivity index is 1.72. The molecule has 0 amide bonds. The van der Waals surface area contributed by atoms with Crippen molar-refractivity contribution in [1.82, 2.24) is 4.98 Å². The van der Waals surface area contributed by atoms with Gasteiger partial charge in [-0.15, -0.1) is 0 Å². The minimum absolute atomic E-state index is 0.133. The maximum absolute atomic E-state index is 12.6. The molecule has 0 bridgehead atoms. The highest BCUT2D eigenvalue weighted by Gasteiger charge is 2.24. The Kier molecular flexibility index (Phi) is 9.75. The number of rotatable bonds is 11. The van der Waals surface area contributed by atoms with Crippen LogP contribution in [0.15, 0.2) is 46.9 Å². The van der Waals surface area contributed by atoms with Crippen LogP contribution in [0.25, 0.3) is 11.5 Å². The first-order valence-corrected chi connectivity index (χ1v) is 13.0. The van der Waals surface area contributed by atoms with Gasteiger partial charge in [0.2, 0.25) is 5.89 Å². The molecule has 9 nitrogen and oxygen atoms in total. The number of hydrogen-bond acceptors (Lipinski definition) is 9. The molecule has 2 aromatic carbocycles. The number of phenolic OH excluding ortho intramolecular Hbond substituents is 1. The van der Waals surface area contributed by atoms with Crippen molar-refractivity contribution in [2.24, 2.45) is 5.73 Å². The molecule has 0 aliphatic rings. The molecule has 210 valence electrons. The summed E-state index contributed by atoms with van der Waals surface area (Å²) < 4.78 is 22.5. The summed E-state index contributed by atoms with van der Waals surface area (Å²) in [6, 6.07) is 11.0. The standard InChI is InChI=1S/C30H38N2O7/c1-18(2)37-29(35)27(31)24-17-23(12-10-20(24)11-13-26(34)39-30(4,5)6)36-15-14-25-19(3)38-28(32-25)21-8-7-9-22(33)16-21/h7-10,12,16-18,27,33H,11,13-15,31H2,1-6H3. The molecular weight excluding hydrogens is 500 g/mol. The second-order valence-corrected chi connectivity index (χ2v) is 10.6. The van der Waals surface area contributed by atoms with Crippen LogP contribution in [-0.4, -0.2) is 40.3 Å². The minimum atomic E-state index is -1.03. The van der Waals surface area contributed by atoms with Gasteiger partial charge in [0.1, 0.15) is 28.9 Å². The number of benzene rings is 2. The van der Waals surface area contributed by atoms with Gasteiger partial charge < -0.3 is 29.5 Å². The molecule has 0 saturated heterocycles. The molecule has 0 radical (unpaired) electrons. The monoisotopic (exact) mass is 538 g/mol. The molecule has 3 rings (SSSR count). The first kappa shape index (κ1) is 29.7. The summed E-state index contributed by atoms with van der Waals surface area (Å²) in [6.07, 6.45) is 0.654. The number of phenols is 1. The molecule has 0 saturated carbocycles. The molecule has 39 heavy (non-hydrogen) atoms. The third-order valence-electron chi connectivity index (χ3n) is 5.67. The van der Waals surface area contributed by atoms with Crippen LogP contribution in [-0.2, 0) is 31.9 Å². The summed E-state index contributed by atoms with van der Waals surface area (Å²) >= 11 is 0. The van der Waals surface area contributed by atoms with E-state index >= 15 is 0 Å². The number of esters is 2. The first-order chi connectivity index (χ1) is 18.3. The Morgan fingerprint density at radius 3 is 2.51 bits per heavy atom. The molecule has 1 unspecified atom stereocenters. The SMILES string of the molecule is Cc1oc(-c2cccc(O)c2)nc1CCOc1ccc(CCC(=O)OC(C)(C)C)c(C(N)C(=O)OC(C)C)c1. The van der Waals surface area contributed by atoms with Crippen molar-refractivity contribution in [3.8, 4) is 23.0 Å². The number of aryl methyl sites for hydroxylation is 2. The third-order valence-corrected chi connectivity index (χ3v) is 5.67. The fraction of sp³-hybridized carbons (Fsp3) is 0.433. The number of carbonyl (C=O) groups excluding carboxylic acids is 2. The van der Waals surface area contributed by atoms with Crippen LogP contribution >= 0.6 is 0 Å². The topological polar surface area (TPSA) is 134 Å². The molecule has 3 aromatic rings. The van der Waals surface area contributed by atoms with E-state index in [1.807, 2.05) is 33.8 Å². The zero-order valence-corrected chi connectivity index (χ0v) is 23.4. The summed E-state index contributed by atoms with van der Waals surface area (Å²) in [5.41, 5.74) is 8.39. The van der Waals surface area contributed by atoms with Crippen molar-refractivity contribution in [3.63, 3.8) is 0 Å². The highest BCUT2D eigenvalue weighted by Crippen LogP contribution is 2.27. The van der Waals surface area contributed by atoms with Crippen LogP contribution < -0.4 is 10.5 Å². The number of nitrogens with zero attached hydrogens (tertiary/aromatic N) is 1. The normalized spacial score (nSPS) is 12.3. The lowest BCUT2D eigenvalue weighted by Gasteiger charge is -2.21. The predicted octanol–water partition coefficient (Wildman–Crippen LogP) is 5.20. The van der Waals surface area contributed by atoms with Gasteiger partial charge in [-0.3, -0.25) is 4.79 Å². The second kappa shape index (κ2) is 12.8. The Morgan fingerprint density at radius 1 is 1.10 bits per heavy atom. The van der Waals surface area contributed by atoms with Crippen molar-refractivity contribution in [1.29, 1.82) is 0 Å². The summed E-state index contributed by atoms with van der Waals surface area (Å²) in [7, 11) is 0. The van der Waals surface area contributed by atoms with Gasteiger partial charge in [0.05, 0.1) is 18.4 Å². The van der Waals surface area contributed by atoms with E-state index in [1.165, 1.54) is 0 Å². The number of aromatic hydroxyl groups is 1. The van der Waals surface area contributed by atoms with E-state index < -0.39 is 17.6 Å². The lowest BCUT2D eigenvalue weighted by Crippen LogP contribution is -2.27. The zero-order valence-electron chi connectivity index (χ0n) is 23.4. The zero-order chi connectivity index (χ0) is 28.7. The fourth-order valence-electron chi connectivity index (χ4n) is 3.93. The van der Waals surface area contributed by atoms with Gasteiger partial charge >= 0.3 is 11.9 Å².